The van der Waals surface area contributed by atoms with Gasteiger partial charge < -0.3 is 11.1 Å². The maximum absolute atomic E-state index is 11.9. The standard InChI is InChI=1S/C11H19F3N2O/c12-11(13,14)4-5-16-10(17)9-3-1-2-8(6-9)7-15/h8-9H,1-7,15H2,(H,16,17). The van der Waals surface area contributed by atoms with Crippen LogP contribution in [0.3, 0.4) is 0 Å². The molecule has 0 saturated heterocycles. The van der Waals surface area contributed by atoms with E-state index in [1.54, 1.807) is 0 Å². The highest BCUT2D eigenvalue weighted by Crippen LogP contribution is 2.28. The molecule has 0 aromatic carbocycles. The average molecular weight is 252 g/mol. The van der Waals surface area contributed by atoms with Gasteiger partial charge in [-0.05, 0) is 31.7 Å². The Morgan fingerprint density at radius 1 is 1.35 bits per heavy atom. The summed E-state index contributed by atoms with van der Waals surface area (Å²) >= 11 is 0. The van der Waals surface area contributed by atoms with Crippen molar-refractivity contribution >= 4 is 5.91 Å². The van der Waals surface area contributed by atoms with Gasteiger partial charge in [0.05, 0.1) is 6.42 Å². The second kappa shape index (κ2) is 6.23. The highest BCUT2D eigenvalue weighted by Gasteiger charge is 2.29. The van der Waals surface area contributed by atoms with E-state index in [9.17, 15) is 18.0 Å². The Hall–Kier alpha value is -0.780. The lowest BCUT2D eigenvalue weighted by atomic mass is 9.81. The van der Waals surface area contributed by atoms with Crippen molar-refractivity contribution in [1.82, 2.24) is 5.32 Å². The first-order valence-corrected chi connectivity index (χ1v) is 5.97. The van der Waals surface area contributed by atoms with Gasteiger partial charge in [0.15, 0.2) is 0 Å². The van der Waals surface area contributed by atoms with Crippen molar-refractivity contribution < 1.29 is 18.0 Å². The summed E-state index contributed by atoms with van der Waals surface area (Å²) in [5.74, 6) is -0.0833. The van der Waals surface area contributed by atoms with Crippen molar-refractivity contribution in [2.24, 2.45) is 17.6 Å². The van der Waals surface area contributed by atoms with Crippen LogP contribution in [0.1, 0.15) is 32.1 Å². The summed E-state index contributed by atoms with van der Waals surface area (Å²) in [4.78, 5) is 11.6. The molecule has 0 heterocycles. The average Bonchev–Trinajstić information content (AvgIpc) is 2.27. The summed E-state index contributed by atoms with van der Waals surface area (Å²) in [5, 5.41) is 2.35. The molecule has 100 valence electrons. The smallest absolute Gasteiger partial charge is 0.356 e. The van der Waals surface area contributed by atoms with Gasteiger partial charge in [-0.1, -0.05) is 6.42 Å². The molecule has 6 heteroatoms. The quantitative estimate of drug-likeness (QED) is 0.802. The van der Waals surface area contributed by atoms with Gasteiger partial charge in [0.2, 0.25) is 5.91 Å². The number of amides is 1. The fourth-order valence-corrected chi connectivity index (χ4v) is 2.21. The molecule has 1 aliphatic rings. The van der Waals surface area contributed by atoms with E-state index in [1.165, 1.54) is 0 Å². The molecular formula is C11H19F3N2O. The van der Waals surface area contributed by atoms with E-state index in [0.717, 1.165) is 19.3 Å². The Morgan fingerprint density at radius 2 is 2.06 bits per heavy atom. The van der Waals surface area contributed by atoms with E-state index < -0.39 is 12.6 Å². The normalized spacial score (nSPS) is 25.6. The first kappa shape index (κ1) is 14.3. The molecule has 3 nitrogen and oxygen atoms in total. The molecule has 0 radical (unpaired) electrons. The second-order valence-corrected chi connectivity index (χ2v) is 4.62. The zero-order valence-electron chi connectivity index (χ0n) is 9.72. The Kier molecular flexibility index (Phi) is 5.24. The molecule has 1 rings (SSSR count). The van der Waals surface area contributed by atoms with Gasteiger partial charge >= 0.3 is 6.18 Å². The van der Waals surface area contributed by atoms with E-state index in [2.05, 4.69) is 5.32 Å². The third kappa shape index (κ3) is 5.39. The molecule has 0 aliphatic heterocycles. The van der Waals surface area contributed by atoms with E-state index in [1.807, 2.05) is 0 Å². The summed E-state index contributed by atoms with van der Waals surface area (Å²) in [5.41, 5.74) is 5.54. The highest BCUT2D eigenvalue weighted by atomic mass is 19.4. The van der Waals surface area contributed by atoms with Crippen molar-refractivity contribution in [3.8, 4) is 0 Å². The van der Waals surface area contributed by atoms with Crippen molar-refractivity contribution in [3.63, 3.8) is 0 Å². The minimum Gasteiger partial charge on any atom is -0.356 e. The second-order valence-electron chi connectivity index (χ2n) is 4.62. The first-order valence-electron chi connectivity index (χ1n) is 5.97. The van der Waals surface area contributed by atoms with Crippen LogP contribution < -0.4 is 11.1 Å². The molecule has 2 atom stereocenters. The highest BCUT2D eigenvalue weighted by molar-refractivity contribution is 5.78. The molecule has 1 aliphatic carbocycles. The summed E-state index contributed by atoms with van der Waals surface area (Å²) in [6, 6.07) is 0. The van der Waals surface area contributed by atoms with Crippen LogP contribution in [0.15, 0.2) is 0 Å². The number of carbonyl (C=O) groups excluding carboxylic acids is 1. The van der Waals surface area contributed by atoms with Crippen LogP contribution in [0.5, 0.6) is 0 Å². The van der Waals surface area contributed by atoms with Gasteiger partial charge in [0.25, 0.3) is 0 Å². The zero-order chi connectivity index (χ0) is 12.9. The number of nitrogens with two attached hydrogens (primary N) is 1. The molecule has 3 N–H and O–H groups in total. The van der Waals surface area contributed by atoms with Crippen LogP contribution in [0.2, 0.25) is 0 Å². The number of rotatable bonds is 4. The van der Waals surface area contributed by atoms with Crippen LogP contribution in [0, 0.1) is 11.8 Å². The first-order chi connectivity index (χ1) is 7.92. The zero-order valence-corrected chi connectivity index (χ0v) is 9.72. The number of hydrogen-bond donors (Lipinski definition) is 2. The number of alkyl halides is 3. The van der Waals surface area contributed by atoms with Gasteiger partial charge in [-0.3, -0.25) is 4.79 Å². The SMILES string of the molecule is NCC1CCCC(C(=O)NCCC(F)(F)F)C1. The molecular weight excluding hydrogens is 233 g/mol. The predicted molar refractivity (Wildman–Crippen MR) is 58.2 cm³/mol. The maximum atomic E-state index is 11.9. The van der Waals surface area contributed by atoms with E-state index in [0.29, 0.717) is 18.9 Å². The van der Waals surface area contributed by atoms with Crippen LogP contribution >= 0.6 is 0 Å². The molecule has 1 fully saturated rings. The predicted octanol–water partition coefficient (Wildman–Crippen LogP) is 1.82. The molecule has 17 heavy (non-hydrogen) atoms. The van der Waals surface area contributed by atoms with Gasteiger partial charge in [-0.2, -0.15) is 13.2 Å². The minimum absolute atomic E-state index is 0.162. The fourth-order valence-electron chi connectivity index (χ4n) is 2.21. The Morgan fingerprint density at radius 3 is 2.65 bits per heavy atom. The topological polar surface area (TPSA) is 55.1 Å². The minimum atomic E-state index is -4.21. The Bertz CT molecular complexity index is 256. The molecule has 0 bridgehead atoms. The maximum Gasteiger partial charge on any atom is 0.390 e. The summed E-state index contributed by atoms with van der Waals surface area (Å²) in [6.45, 7) is 0.221. The van der Waals surface area contributed by atoms with E-state index >= 15 is 0 Å². The molecule has 0 aromatic rings. The lowest BCUT2D eigenvalue weighted by Crippen LogP contribution is -2.36. The van der Waals surface area contributed by atoms with E-state index in [4.69, 9.17) is 5.73 Å². The van der Waals surface area contributed by atoms with Gasteiger partial charge in [-0.15, -0.1) is 0 Å². The van der Waals surface area contributed by atoms with E-state index in [-0.39, 0.29) is 18.4 Å². The third-order valence-electron chi connectivity index (χ3n) is 3.19. The number of halogens is 3. The molecule has 1 amide bonds. The van der Waals surface area contributed by atoms with Gasteiger partial charge in [-0.25, -0.2) is 0 Å². The van der Waals surface area contributed by atoms with Crippen molar-refractivity contribution in [2.45, 2.75) is 38.3 Å². The lowest BCUT2D eigenvalue weighted by molar-refractivity contribution is -0.137. The summed E-state index contributed by atoms with van der Waals surface area (Å²) < 4.78 is 35.7. The largest absolute Gasteiger partial charge is 0.390 e. The monoisotopic (exact) mass is 252 g/mol. The van der Waals surface area contributed by atoms with Crippen molar-refractivity contribution in [1.29, 1.82) is 0 Å². The molecule has 1 saturated carbocycles. The third-order valence-corrected chi connectivity index (χ3v) is 3.19. The summed E-state index contributed by atoms with van der Waals surface area (Å²) in [7, 11) is 0. The van der Waals surface area contributed by atoms with Crippen molar-refractivity contribution in [2.75, 3.05) is 13.1 Å². The van der Waals surface area contributed by atoms with Crippen molar-refractivity contribution in [3.05, 3.63) is 0 Å². The van der Waals surface area contributed by atoms with Crippen LogP contribution in [-0.2, 0) is 4.79 Å². The number of carbonyl (C=O) groups is 1. The lowest BCUT2D eigenvalue weighted by Gasteiger charge is -2.27. The Labute approximate surface area is 98.9 Å². The number of hydrogen-bond acceptors (Lipinski definition) is 2. The molecule has 2 unspecified atom stereocenters. The van der Waals surface area contributed by atoms with Crippen LogP contribution in [0.4, 0.5) is 13.2 Å². The van der Waals surface area contributed by atoms with Gasteiger partial charge in [0.1, 0.15) is 0 Å². The Balaban J connectivity index is 2.27. The van der Waals surface area contributed by atoms with Crippen LogP contribution in [0.25, 0.3) is 0 Å². The van der Waals surface area contributed by atoms with Gasteiger partial charge in [0, 0.05) is 12.5 Å². The fraction of sp³-hybridized carbons (Fsp3) is 0.909. The number of nitrogens with one attached hydrogen (secondary N) is 1. The molecule has 0 spiro atoms. The van der Waals surface area contributed by atoms with Crippen LogP contribution in [-0.4, -0.2) is 25.2 Å². The molecule has 0 aromatic heterocycles. The summed E-state index contributed by atoms with van der Waals surface area (Å²) in [6.07, 6.45) is -1.77.